The van der Waals surface area contributed by atoms with Crippen LogP contribution in [0.25, 0.3) is 0 Å². The number of carbonyl (C=O) groups excluding carboxylic acids is 3. The van der Waals surface area contributed by atoms with Gasteiger partial charge in [-0.25, -0.2) is 9.13 Å². The van der Waals surface area contributed by atoms with E-state index in [1.165, 1.54) is 231 Å². The Bertz CT molecular complexity index is 2900. The lowest BCUT2D eigenvalue weighted by atomic mass is 10.0. The first-order chi connectivity index (χ1) is 61.2. The van der Waals surface area contributed by atoms with Crippen LogP contribution in [0.2, 0.25) is 0 Å². The van der Waals surface area contributed by atoms with Gasteiger partial charge in [-0.05, 0) is 154 Å². The van der Waals surface area contributed by atoms with Gasteiger partial charge in [-0.1, -0.05) is 429 Å². The number of carbonyl (C=O) groups is 3. The molecule has 0 aromatic heterocycles. The first-order valence-electron chi connectivity index (χ1n) is 50.8. The van der Waals surface area contributed by atoms with Gasteiger partial charge in [0.25, 0.3) is 0 Å². The molecule has 0 aliphatic heterocycles. The van der Waals surface area contributed by atoms with E-state index in [1.807, 2.05) is 0 Å². The molecule has 4 N–H and O–H groups in total. The van der Waals surface area contributed by atoms with Crippen LogP contribution in [-0.2, 0) is 55.8 Å². The number of aliphatic hydroxyl groups excluding tert-OH is 2. The van der Waals surface area contributed by atoms with Gasteiger partial charge in [0.2, 0.25) is 0 Å². The van der Waals surface area contributed by atoms with Crippen molar-refractivity contribution in [1.82, 2.24) is 0 Å². The second kappa shape index (κ2) is 98.2. The molecule has 0 aliphatic carbocycles. The molecule has 125 heavy (non-hydrogen) atoms. The van der Waals surface area contributed by atoms with Gasteiger partial charge in [-0.15, -0.1) is 0 Å². The molecule has 16 nitrogen and oxygen atoms in total. The molecule has 0 radical (unpaired) electrons. The maximum Gasteiger partial charge on any atom is 0.472 e. The van der Waals surface area contributed by atoms with Gasteiger partial charge in [0.05, 0.1) is 26.4 Å². The van der Waals surface area contributed by atoms with Gasteiger partial charge in [-0.3, -0.25) is 32.5 Å². The van der Waals surface area contributed by atoms with Crippen LogP contribution in [0.4, 0.5) is 0 Å². The molecular weight excluding hydrogens is 1600 g/mol. The van der Waals surface area contributed by atoms with E-state index in [0.717, 1.165) is 154 Å². The average molecular weight is 1790 g/mol. The minimum atomic E-state index is -4.95. The molecule has 0 rings (SSSR count). The molecule has 0 aromatic carbocycles. The van der Waals surface area contributed by atoms with Crippen LogP contribution in [0, 0.1) is 0 Å². The number of phosphoric ester groups is 2. The topological polar surface area (TPSA) is 231 Å². The number of phosphoric acid groups is 2. The lowest BCUT2D eigenvalue weighted by molar-refractivity contribution is -0.161. The van der Waals surface area contributed by atoms with Crippen LogP contribution < -0.4 is 0 Å². The minimum absolute atomic E-state index is 0.0940. The Hall–Kier alpha value is -4.83. The van der Waals surface area contributed by atoms with E-state index in [-0.39, 0.29) is 19.3 Å². The number of hydrogen-bond donors (Lipinski definition) is 4. The molecule has 0 fully saturated rings. The molecule has 0 heterocycles. The Morgan fingerprint density at radius 3 is 0.672 bits per heavy atom. The predicted molar refractivity (Wildman–Crippen MR) is 528 cm³/mol. The average Bonchev–Trinajstić information content (AvgIpc) is 0.900. The van der Waals surface area contributed by atoms with E-state index < -0.39 is 91.5 Å². The quantitative estimate of drug-likeness (QED) is 0.0146. The van der Waals surface area contributed by atoms with Crippen molar-refractivity contribution in [2.24, 2.45) is 0 Å². The molecule has 0 saturated carbocycles. The maximum atomic E-state index is 13.1. The molecule has 0 bridgehead atoms. The Kier molecular flexibility index (Phi) is 94.4. The number of hydrogen-bond acceptors (Lipinski definition) is 14. The number of aliphatic hydroxyl groups is 2. The summed E-state index contributed by atoms with van der Waals surface area (Å²) in [5.74, 6) is -1.57. The summed E-state index contributed by atoms with van der Waals surface area (Å²) in [6.07, 6.45) is 127. The highest BCUT2D eigenvalue weighted by atomic mass is 31.2. The van der Waals surface area contributed by atoms with E-state index >= 15 is 0 Å². The third kappa shape index (κ3) is 99.6. The Morgan fingerprint density at radius 2 is 0.424 bits per heavy atom. The molecule has 0 saturated heterocycles. The fraction of sp³-hybridized carbons (Fsp3) is 0.729. The molecule has 5 atom stereocenters. The van der Waals surface area contributed by atoms with E-state index in [4.69, 9.17) is 32.3 Å². The fourth-order valence-corrected chi connectivity index (χ4v) is 15.6. The monoisotopic (exact) mass is 1790 g/mol. The molecular formula is C107H186O16P2. The van der Waals surface area contributed by atoms with Gasteiger partial charge in [0.1, 0.15) is 25.4 Å². The summed E-state index contributed by atoms with van der Waals surface area (Å²) in [6, 6.07) is 0. The van der Waals surface area contributed by atoms with Crippen molar-refractivity contribution in [1.29, 1.82) is 0 Å². The van der Waals surface area contributed by atoms with Crippen molar-refractivity contribution in [3.05, 3.63) is 158 Å². The Morgan fingerprint density at radius 1 is 0.232 bits per heavy atom. The zero-order chi connectivity index (χ0) is 90.7. The number of allylic oxidation sites excluding steroid dienone is 26. The fourth-order valence-electron chi connectivity index (χ4n) is 14.0. The van der Waals surface area contributed by atoms with Crippen LogP contribution in [0.3, 0.4) is 0 Å². The summed E-state index contributed by atoms with van der Waals surface area (Å²) >= 11 is 0. The SMILES string of the molecule is CC/C=C\C/C=C\C/C=C\C/C=C\C/C=C\CCCCCCCCCCCC(=O)OC(COC(=O)CCCCCCCCCCCCCCC/C=C\C/C=C\C/C=C\C/C=C\CCCCC)COP(=O)(O)OCC(O)COP(=O)(O)OCC(O)COC(=O)CCCCCCCCCCCCCCCCCCCCC/C=C\C/C=C\C/C=C\C/C=C\CCCCC. The summed E-state index contributed by atoms with van der Waals surface area (Å²) in [4.78, 5) is 59.2. The lowest BCUT2D eigenvalue weighted by Crippen LogP contribution is -2.30. The summed E-state index contributed by atoms with van der Waals surface area (Å²) in [7, 11) is -9.82. The lowest BCUT2D eigenvalue weighted by Gasteiger charge is -2.21. The molecule has 5 unspecified atom stereocenters. The summed E-state index contributed by atoms with van der Waals surface area (Å²) < 4.78 is 61.7. The van der Waals surface area contributed by atoms with Crippen molar-refractivity contribution in [2.45, 2.75) is 463 Å². The predicted octanol–water partition coefficient (Wildman–Crippen LogP) is 32.0. The van der Waals surface area contributed by atoms with Gasteiger partial charge < -0.3 is 34.2 Å². The standard InChI is InChI=1S/C107H186O16P2/c1-4-7-10-13-16-19-22-25-28-31-34-37-40-43-45-47-48-49-50-51-52-54-56-58-60-63-66-69-72-75-78-81-84-87-90-93-105(110)117-96-102(108)97-119-124(113,114)120-98-103(109)99-121-125(115,116)122-101-104(123-107(112)95-92-89-86-83-80-77-74-71-68-65-62-57-42-39-36-33-30-27-24-21-18-15-12-9-6-3)100-118-106(111)94-91-88-85-82-79-76-73-70-67-64-61-59-55-53-46-44-41-38-35-32-29-26-23-20-17-14-11-8-5-2/h9,12,16-21,25-30,34-39,43-46,57,62,102-104,108-109H,4-8,10-11,13-15,22-24,31-33,40-42,47-56,58-61,63-101H2,1-3H3,(H,113,114)(H,115,116)/b12-9-,19-16-,20-17-,21-18-,28-25-,29-26-,30-27-,37-34-,38-35-,39-36-,45-43-,46-44-,62-57-. The first-order valence-corrected chi connectivity index (χ1v) is 53.8. The van der Waals surface area contributed by atoms with Crippen LogP contribution in [0.1, 0.15) is 445 Å². The second-order valence-electron chi connectivity index (χ2n) is 33.9. The zero-order valence-electron chi connectivity index (χ0n) is 79.7. The van der Waals surface area contributed by atoms with Crippen molar-refractivity contribution in [2.75, 3.05) is 39.6 Å². The summed E-state index contributed by atoms with van der Waals surface area (Å²) in [5, 5.41) is 20.8. The smallest absolute Gasteiger partial charge is 0.463 e. The molecule has 0 amide bonds. The number of ether oxygens (including phenoxy) is 3. The van der Waals surface area contributed by atoms with E-state index in [2.05, 4.69) is 179 Å². The van der Waals surface area contributed by atoms with Crippen molar-refractivity contribution in [3.8, 4) is 0 Å². The van der Waals surface area contributed by atoms with Crippen LogP contribution in [-0.4, -0.2) is 95.9 Å². The minimum Gasteiger partial charge on any atom is -0.463 e. The van der Waals surface area contributed by atoms with E-state index in [9.17, 15) is 43.5 Å². The highest BCUT2D eigenvalue weighted by Crippen LogP contribution is 2.45. The molecule has 0 aliphatic rings. The highest BCUT2D eigenvalue weighted by molar-refractivity contribution is 7.47. The van der Waals surface area contributed by atoms with Crippen LogP contribution >= 0.6 is 15.6 Å². The number of rotatable bonds is 96. The number of unbranched alkanes of at least 4 members (excludes halogenated alkanes) is 47. The second-order valence-corrected chi connectivity index (χ2v) is 36.8. The van der Waals surface area contributed by atoms with Crippen molar-refractivity contribution >= 4 is 33.6 Å². The maximum absolute atomic E-state index is 13.1. The Balaban J connectivity index is 4.56. The third-order valence-electron chi connectivity index (χ3n) is 21.7. The molecule has 0 aromatic rings. The summed E-state index contributed by atoms with van der Waals surface area (Å²) in [6.45, 7) is 2.58. The molecule has 0 spiro atoms. The van der Waals surface area contributed by atoms with Crippen molar-refractivity contribution in [3.63, 3.8) is 0 Å². The molecule has 18 heteroatoms. The van der Waals surface area contributed by atoms with Gasteiger partial charge in [0, 0.05) is 19.3 Å². The highest BCUT2D eigenvalue weighted by Gasteiger charge is 2.30. The summed E-state index contributed by atoms with van der Waals surface area (Å²) in [5.41, 5.74) is 0. The van der Waals surface area contributed by atoms with E-state index in [0.29, 0.717) is 19.3 Å². The first kappa shape index (κ1) is 120. The normalized spacial score (nSPS) is 14.3. The largest absolute Gasteiger partial charge is 0.472 e. The van der Waals surface area contributed by atoms with Crippen LogP contribution in [0.15, 0.2) is 158 Å². The van der Waals surface area contributed by atoms with Gasteiger partial charge in [-0.2, -0.15) is 0 Å². The Labute approximate surface area is 765 Å². The number of esters is 3. The van der Waals surface area contributed by atoms with E-state index in [1.54, 1.807) is 0 Å². The van der Waals surface area contributed by atoms with Gasteiger partial charge >= 0.3 is 33.6 Å². The van der Waals surface area contributed by atoms with Gasteiger partial charge in [0.15, 0.2) is 6.10 Å². The third-order valence-corrected chi connectivity index (χ3v) is 23.6. The van der Waals surface area contributed by atoms with Crippen molar-refractivity contribution < 1.29 is 75.8 Å². The van der Waals surface area contributed by atoms with Crippen LogP contribution in [0.5, 0.6) is 0 Å². The zero-order valence-corrected chi connectivity index (χ0v) is 81.5. The molecule has 720 valence electrons.